The van der Waals surface area contributed by atoms with Crippen LogP contribution in [0.15, 0.2) is 30.5 Å². The fraction of sp³-hybridized carbons (Fsp3) is 0.400. The molecule has 2 aromatic rings. The highest BCUT2D eigenvalue weighted by Crippen LogP contribution is 2.24. The smallest absolute Gasteiger partial charge is 0.0761 e. The Morgan fingerprint density at radius 2 is 2.32 bits per heavy atom. The number of nitrogens with zero attached hydrogens (tertiary/aromatic N) is 2. The van der Waals surface area contributed by atoms with Crippen molar-refractivity contribution in [3.8, 4) is 0 Å². The Balaban J connectivity index is 1.79. The molecule has 1 N–H and O–H groups in total. The number of benzene rings is 1. The standard InChI is InChI=1S/C15H18ClN3/c1-19-8-6-12(10-19)18-9-11-4-5-14(16)13-3-2-7-17-15(11)13/h2-5,7,12,18H,6,8-10H2,1H3. The van der Waals surface area contributed by atoms with Gasteiger partial charge in [0.2, 0.25) is 0 Å². The zero-order valence-corrected chi connectivity index (χ0v) is 11.8. The minimum absolute atomic E-state index is 0.583. The molecule has 4 heteroatoms. The first-order chi connectivity index (χ1) is 9.24. The van der Waals surface area contributed by atoms with Crippen molar-refractivity contribution in [3.05, 3.63) is 41.0 Å². The summed E-state index contributed by atoms with van der Waals surface area (Å²) in [4.78, 5) is 6.82. The zero-order valence-electron chi connectivity index (χ0n) is 11.1. The molecule has 1 aliphatic rings. The van der Waals surface area contributed by atoms with Gasteiger partial charge in [0.1, 0.15) is 0 Å². The van der Waals surface area contributed by atoms with Crippen molar-refractivity contribution in [2.24, 2.45) is 0 Å². The van der Waals surface area contributed by atoms with Gasteiger partial charge >= 0.3 is 0 Å². The molecule has 1 fully saturated rings. The van der Waals surface area contributed by atoms with E-state index >= 15 is 0 Å². The predicted molar refractivity (Wildman–Crippen MR) is 79.5 cm³/mol. The maximum atomic E-state index is 6.21. The van der Waals surface area contributed by atoms with Gasteiger partial charge in [-0.3, -0.25) is 4.98 Å². The van der Waals surface area contributed by atoms with Crippen LogP contribution in [0.2, 0.25) is 5.02 Å². The molecule has 1 atom stereocenters. The molecule has 1 unspecified atom stereocenters. The first-order valence-corrected chi connectivity index (χ1v) is 7.06. The third kappa shape index (κ3) is 2.73. The second-order valence-corrected chi connectivity index (χ2v) is 5.64. The highest BCUT2D eigenvalue weighted by molar-refractivity contribution is 6.35. The van der Waals surface area contributed by atoms with Gasteiger partial charge in [-0.25, -0.2) is 0 Å². The molecule has 1 aromatic carbocycles. The average molecular weight is 276 g/mol. The summed E-state index contributed by atoms with van der Waals surface area (Å²) >= 11 is 6.21. The van der Waals surface area contributed by atoms with Crippen LogP contribution in [-0.4, -0.2) is 36.1 Å². The molecule has 0 radical (unpaired) electrons. The second-order valence-electron chi connectivity index (χ2n) is 5.23. The van der Waals surface area contributed by atoms with E-state index in [0.29, 0.717) is 6.04 Å². The van der Waals surface area contributed by atoms with E-state index in [-0.39, 0.29) is 0 Å². The van der Waals surface area contributed by atoms with Gasteiger partial charge in [-0.05, 0) is 43.8 Å². The van der Waals surface area contributed by atoms with Crippen LogP contribution in [0.5, 0.6) is 0 Å². The number of likely N-dealkylation sites (tertiary alicyclic amines) is 1. The summed E-state index contributed by atoms with van der Waals surface area (Å²) in [6.07, 6.45) is 3.04. The Kier molecular flexibility index (Phi) is 3.69. The molecule has 1 saturated heterocycles. The molecule has 1 aromatic heterocycles. The van der Waals surface area contributed by atoms with Crippen LogP contribution in [0.25, 0.3) is 10.9 Å². The maximum absolute atomic E-state index is 6.21. The Hall–Kier alpha value is -1.16. The lowest BCUT2D eigenvalue weighted by Crippen LogP contribution is -2.31. The summed E-state index contributed by atoms with van der Waals surface area (Å²) in [5.74, 6) is 0. The number of aromatic nitrogens is 1. The van der Waals surface area contributed by atoms with Crippen molar-refractivity contribution in [2.45, 2.75) is 19.0 Å². The molecular formula is C15H18ClN3. The minimum atomic E-state index is 0.583. The summed E-state index contributed by atoms with van der Waals surface area (Å²) < 4.78 is 0. The third-order valence-corrected chi connectivity index (χ3v) is 4.10. The number of nitrogens with one attached hydrogen (secondary N) is 1. The summed E-state index contributed by atoms with van der Waals surface area (Å²) in [6.45, 7) is 3.15. The molecule has 0 saturated carbocycles. The predicted octanol–water partition coefficient (Wildman–Crippen LogP) is 2.68. The molecule has 0 amide bonds. The average Bonchev–Trinajstić information content (AvgIpc) is 2.84. The zero-order chi connectivity index (χ0) is 13.2. The van der Waals surface area contributed by atoms with Crippen LogP contribution in [-0.2, 0) is 6.54 Å². The number of likely N-dealkylation sites (N-methyl/N-ethyl adjacent to an activating group) is 1. The van der Waals surface area contributed by atoms with Crippen LogP contribution in [0, 0.1) is 0 Å². The third-order valence-electron chi connectivity index (χ3n) is 3.77. The molecule has 1 aliphatic heterocycles. The molecule has 0 bridgehead atoms. The van der Waals surface area contributed by atoms with Crippen LogP contribution in [0.1, 0.15) is 12.0 Å². The number of rotatable bonds is 3. The molecule has 100 valence electrons. The van der Waals surface area contributed by atoms with Crippen molar-refractivity contribution < 1.29 is 0 Å². The van der Waals surface area contributed by atoms with E-state index in [0.717, 1.165) is 29.0 Å². The Labute approximate surface area is 118 Å². The highest BCUT2D eigenvalue weighted by atomic mass is 35.5. The van der Waals surface area contributed by atoms with E-state index in [4.69, 9.17) is 11.6 Å². The number of hydrogen-bond donors (Lipinski definition) is 1. The van der Waals surface area contributed by atoms with Crippen molar-refractivity contribution >= 4 is 22.5 Å². The number of pyridine rings is 1. The lowest BCUT2D eigenvalue weighted by Gasteiger charge is -2.14. The quantitative estimate of drug-likeness (QED) is 0.934. The van der Waals surface area contributed by atoms with Crippen LogP contribution in [0.3, 0.4) is 0 Å². The van der Waals surface area contributed by atoms with Crippen molar-refractivity contribution in [3.63, 3.8) is 0 Å². The van der Waals surface area contributed by atoms with Gasteiger partial charge in [0, 0.05) is 35.7 Å². The largest absolute Gasteiger partial charge is 0.309 e. The van der Waals surface area contributed by atoms with Gasteiger partial charge in [-0.2, -0.15) is 0 Å². The van der Waals surface area contributed by atoms with E-state index in [1.54, 1.807) is 0 Å². The van der Waals surface area contributed by atoms with Gasteiger partial charge in [0.05, 0.1) is 5.52 Å². The summed E-state index contributed by atoms with van der Waals surface area (Å²) in [6, 6.07) is 8.57. The van der Waals surface area contributed by atoms with Crippen LogP contribution >= 0.6 is 11.6 Å². The van der Waals surface area contributed by atoms with Gasteiger partial charge in [0.15, 0.2) is 0 Å². The normalized spacial score (nSPS) is 20.2. The molecule has 3 rings (SSSR count). The SMILES string of the molecule is CN1CCC(NCc2ccc(Cl)c3cccnc23)C1. The first-order valence-electron chi connectivity index (χ1n) is 6.68. The Morgan fingerprint density at radius 3 is 3.11 bits per heavy atom. The van der Waals surface area contributed by atoms with E-state index in [9.17, 15) is 0 Å². The lowest BCUT2D eigenvalue weighted by atomic mass is 10.1. The van der Waals surface area contributed by atoms with Gasteiger partial charge < -0.3 is 10.2 Å². The fourth-order valence-electron chi connectivity index (χ4n) is 2.69. The first kappa shape index (κ1) is 12.9. The number of hydrogen-bond acceptors (Lipinski definition) is 3. The lowest BCUT2D eigenvalue weighted by molar-refractivity contribution is 0.398. The highest BCUT2D eigenvalue weighted by Gasteiger charge is 2.18. The minimum Gasteiger partial charge on any atom is -0.309 e. The van der Waals surface area contributed by atoms with Crippen LogP contribution in [0.4, 0.5) is 0 Å². The van der Waals surface area contributed by atoms with E-state index in [1.165, 1.54) is 18.5 Å². The monoisotopic (exact) mass is 275 g/mol. The fourth-order valence-corrected chi connectivity index (χ4v) is 2.91. The summed E-state index contributed by atoms with van der Waals surface area (Å²) in [5.41, 5.74) is 2.23. The Bertz CT molecular complexity index is 585. The molecular weight excluding hydrogens is 258 g/mol. The molecule has 2 heterocycles. The van der Waals surface area contributed by atoms with Crippen LogP contribution < -0.4 is 5.32 Å². The van der Waals surface area contributed by atoms with E-state index < -0.39 is 0 Å². The molecule has 19 heavy (non-hydrogen) atoms. The summed E-state index contributed by atoms with van der Waals surface area (Å²) in [7, 11) is 2.17. The van der Waals surface area contributed by atoms with Gasteiger partial charge in [-0.15, -0.1) is 0 Å². The number of halogens is 1. The summed E-state index contributed by atoms with van der Waals surface area (Å²) in [5, 5.41) is 5.42. The number of fused-ring (bicyclic) bond motifs is 1. The van der Waals surface area contributed by atoms with Gasteiger partial charge in [-0.1, -0.05) is 17.7 Å². The van der Waals surface area contributed by atoms with Crippen molar-refractivity contribution in [1.29, 1.82) is 0 Å². The molecule has 0 aliphatic carbocycles. The molecule has 0 spiro atoms. The van der Waals surface area contributed by atoms with E-state index in [1.807, 2.05) is 24.4 Å². The molecule has 3 nitrogen and oxygen atoms in total. The second kappa shape index (κ2) is 5.45. The maximum Gasteiger partial charge on any atom is 0.0761 e. The Morgan fingerprint density at radius 1 is 1.42 bits per heavy atom. The van der Waals surface area contributed by atoms with Gasteiger partial charge in [0.25, 0.3) is 0 Å². The van der Waals surface area contributed by atoms with Crippen molar-refractivity contribution in [2.75, 3.05) is 20.1 Å². The van der Waals surface area contributed by atoms with E-state index in [2.05, 4.69) is 28.3 Å². The van der Waals surface area contributed by atoms with Crippen molar-refractivity contribution in [1.82, 2.24) is 15.2 Å². The topological polar surface area (TPSA) is 28.2 Å².